The lowest BCUT2D eigenvalue weighted by Crippen LogP contribution is -2.45. The van der Waals surface area contributed by atoms with Crippen molar-refractivity contribution in [1.82, 2.24) is 9.88 Å². The van der Waals surface area contributed by atoms with Crippen molar-refractivity contribution in [3.8, 4) is 5.75 Å². The van der Waals surface area contributed by atoms with Gasteiger partial charge in [0, 0.05) is 18.9 Å². The molecule has 4 rings (SSSR count). The Bertz CT molecular complexity index is 889. The van der Waals surface area contributed by atoms with Crippen molar-refractivity contribution in [2.75, 3.05) is 13.1 Å². The Morgan fingerprint density at radius 3 is 2.85 bits per heavy atom. The van der Waals surface area contributed by atoms with Gasteiger partial charge in [0.1, 0.15) is 16.2 Å². The van der Waals surface area contributed by atoms with Gasteiger partial charge in [-0.1, -0.05) is 26.0 Å². The third kappa shape index (κ3) is 2.82. The van der Waals surface area contributed by atoms with Crippen molar-refractivity contribution in [3.05, 3.63) is 45.4 Å². The highest BCUT2D eigenvalue weighted by atomic mass is 32.1. The van der Waals surface area contributed by atoms with Crippen molar-refractivity contribution in [2.24, 2.45) is 0 Å². The Balaban J connectivity index is 1.56. The fourth-order valence-electron chi connectivity index (χ4n) is 3.70. The van der Waals surface area contributed by atoms with Crippen LogP contribution in [0.5, 0.6) is 5.75 Å². The van der Waals surface area contributed by atoms with Crippen LogP contribution in [0.4, 0.5) is 0 Å². The zero-order valence-electron chi connectivity index (χ0n) is 15.2. The number of likely N-dealkylation sites (tertiary alicyclic amines) is 1. The van der Waals surface area contributed by atoms with E-state index >= 15 is 0 Å². The number of nitrogens with zero attached hydrogens (tertiary/aromatic N) is 2. The van der Waals surface area contributed by atoms with Gasteiger partial charge in [-0.25, -0.2) is 4.98 Å². The van der Waals surface area contributed by atoms with Crippen LogP contribution in [0.15, 0.2) is 24.3 Å². The largest absolute Gasteiger partial charge is 0.484 e. The highest BCUT2D eigenvalue weighted by molar-refractivity contribution is 7.13. The van der Waals surface area contributed by atoms with Crippen LogP contribution in [0, 0.1) is 6.92 Å². The van der Waals surface area contributed by atoms with E-state index in [4.69, 9.17) is 4.74 Å². The maximum atomic E-state index is 13.0. The molecule has 1 amide bonds. The summed E-state index contributed by atoms with van der Waals surface area (Å²) in [6, 6.07) is 7.36. The lowest BCUT2D eigenvalue weighted by atomic mass is 9.89. The number of hydrogen-bond donors (Lipinski definition) is 0. The zero-order chi connectivity index (χ0) is 18.5. The molecule has 1 spiro atoms. The summed E-state index contributed by atoms with van der Waals surface area (Å²) in [7, 11) is 0. The third-order valence-electron chi connectivity index (χ3n) is 5.10. The average molecular weight is 370 g/mol. The highest BCUT2D eigenvalue weighted by Crippen LogP contribution is 2.39. The summed E-state index contributed by atoms with van der Waals surface area (Å²) < 4.78 is 6.21. The van der Waals surface area contributed by atoms with Gasteiger partial charge in [0.25, 0.3) is 5.91 Å². The molecule has 0 bridgehead atoms. The Kier molecular flexibility index (Phi) is 4.10. The second-order valence-electron chi connectivity index (χ2n) is 7.48. The van der Waals surface area contributed by atoms with Crippen molar-refractivity contribution < 1.29 is 14.3 Å². The third-order valence-corrected chi connectivity index (χ3v) is 6.55. The van der Waals surface area contributed by atoms with Gasteiger partial charge in [-0.15, -0.1) is 11.3 Å². The van der Waals surface area contributed by atoms with E-state index < -0.39 is 5.60 Å². The van der Waals surface area contributed by atoms with Crippen molar-refractivity contribution >= 4 is 23.0 Å². The van der Waals surface area contributed by atoms with E-state index in [9.17, 15) is 9.59 Å². The van der Waals surface area contributed by atoms with Crippen LogP contribution in [0.1, 0.15) is 63.3 Å². The van der Waals surface area contributed by atoms with Gasteiger partial charge in [-0.3, -0.25) is 9.59 Å². The summed E-state index contributed by atoms with van der Waals surface area (Å²) in [5.74, 6) is 1.03. The molecular weight excluding hydrogens is 348 g/mol. The fraction of sp³-hybridized carbons (Fsp3) is 0.450. The van der Waals surface area contributed by atoms with Crippen molar-refractivity contribution in [2.45, 2.75) is 45.1 Å². The van der Waals surface area contributed by atoms with E-state index in [0.717, 1.165) is 10.7 Å². The molecule has 0 saturated carbocycles. The number of benzene rings is 1. The minimum absolute atomic E-state index is 0.00122. The molecule has 3 heterocycles. The molecule has 1 fully saturated rings. The van der Waals surface area contributed by atoms with Crippen LogP contribution < -0.4 is 4.74 Å². The molecule has 5 nitrogen and oxygen atoms in total. The molecule has 1 aromatic heterocycles. The predicted molar refractivity (Wildman–Crippen MR) is 100 cm³/mol. The van der Waals surface area contributed by atoms with Crippen LogP contribution in [-0.2, 0) is 0 Å². The first-order valence-corrected chi connectivity index (χ1v) is 9.78. The van der Waals surface area contributed by atoms with E-state index in [-0.39, 0.29) is 11.7 Å². The van der Waals surface area contributed by atoms with Gasteiger partial charge in [0.15, 0.2) is 5.78 Å². The van der Waals surface area contributed by atoms with Gasteiger partial charge in [-0.2, -0.15) is 0 Å². The number of aryl methyl sites for hydroxylation is 1. The van der Waals surface area contributed by atoms with Gasteiger partial charge in [-0.05, 0) is 19.1 Å². The number of rotatable bonds is 2. The second-order valence-corrected chi connectivity index (χ2v) is 8.51. The van der Waals surface area contributed by atoms with E-state index in [0.29, 0.717) is 48.0 Å². The van der Waals surface area contributed by atoms with Gasteiger partial charge < -0.3 is 9.64 Å². The summed E-state index contributed by atoms with van der Waals surface area (Å²) in [5.41, 5.74) is 0.832. The number of amides is 1. The quantitative estimate of drug-likeness (QED) is 0.806. The number of ketones is 1. The molecule has 1 unspecified atom stereocenters. The van der Waals surface area contributed by atoms with Crippen molar-refractivity contribution in [1.29, 1.82) is 0 Å². The number of aromatic nitrogens is 1. The SMILES string of the molecule is Cc1nc(C(C)C)sc1C(=O)N1CCC2(CC(=O)c3ccccc3O2)C1. The topological polar surface area (TPSA) is 59.5 Å². The molecule has 0 N–H and O–H groups in total. The summed E-state index contributed by atoms with van der Waals surface area (Å²) >= 11 is 1.48. The zero-order valence-corrected chi connectivity index (χ0v) is 16.1. The first kappa shape index (κ1) is 17.2. The Morgan fingerprint density at radius 2 is 2.12 bits per heavy atom. The maximum absolute atomic E-state index is 13.0. The van der Waals surface area contributed by atoms with Crippen LogP contribution in [0.3, 0.4) is 0 Å². The lowest BCUT2D eigenvalue weighted by Gasteiger charge is -2.34. The Labute approximate surface area is 157 Å². The van der Waals surface area contributed by atoms with Gasteiger partial charge in [0.2, 0.25) is 0 Å². The molecule has 1 saturated heterocycles. The summed E-state index contributed by atoms with van der Waals surface area (Å²) in [5, 5.41) is 0.984. The van der Waals surface area contributed by atoms with E-state index in [1.165, 1.54) is 11.3 Å². The maximum Gasteiger partial charge on any atom is 0.265 e. The summed E-state index contributed by atoms with van der Waals surface area (Å²) in [6.07, 6.45) is 1.00. The standard InChI is InChI=1S/C20H22N2O3S/c1-12(2)18-21-13(3)17(26-18)19(24)22-9-8-20(11-22)10-15(23)14-6-4-5-7-16(14)25-20/h4-7,12H,8-11H2,1-3H3. The number of thiazole rings is 1. The number of para-hydroxylation sites is 1. The Hall–Kier alpha value is -2.21. The second kappa shape index (κ2) is 6.20. The van der Waals surface area contributed by atoms with Crippen LogP contribution in [0.2, 0.25) is 0 Å². The van der Waals surface area contributed by atoms with Gasteiger partial charge in [0.05, 0.1) is 29.2 Å². The minimum Gasteiger partial charge on any atom is -0.484 e. The molecule has 2 aliphatic heterocycles. The summed E-state index contributed by atoms with van der Waals surface area (Å²) in [6.45, 7) is 7.09. The fourth-order valence-corrected chi connectivity index (χ4v) is 4.73. The minimum atomic E-state index is -0.597. The number of ether oxygens (including phenoxy) is 1. The monoisotopic (exact) mass is 370 g/mol. The van der Waals surface area contributed by atoms with E-state index in [1.807, 2.05) is 30.0 Å². The van der Waals surface area contributed by atoms with E-state index in [2.05, 4.69) is 18.8 Å². The molecule has 1 aromatic carbocycles. The smallest absolute Gasteiger partial charge is 0.265 e. The lowest BCUT2D eigenvalue weighted by molar-refractivity contribution is 0.0429. The first-order chi connectivity index (χ1) is 12.4. The summed E-state index contributed by atoms with van der Waals surface area (Å²) in [4.78, 5) is 32.6. The number of hydrogen-bond acceptors (Lipinski definition) is 5. The number of carbonyl (C=O) groups is 2. The molecule has 136 valence electrons. The average Bonchev–Trinajstić information content (AvgIpc) is 3.18. The Morgan fingerprint density at radius 1 is 1.35 bits per heavy atom. The molecule has 26 heavy (non-hydrogen) atoms. The molecule has 6 heteroatoms. The van der Waals surface area contributed by atoms with Gasteiger partial charge >= 0.3 is 0 Å². The molecule has 2 aliphatic rings. The molecule has 0 aliphatic carbocycles. The molecule has 0 radical (unpaired) electrons. The predicted octanol–water partition coefficient (Wildman–Crippen LogP) is 3.83. The van der Waals surface area contributed by atoms with Crippen LogP contribution >= 0.6 is 11.3 Å². The first-order valence-electron chi connectivity index (χ1n) is 8.96. The highest BCUT2D eigenvalue weighted by Gasteiger charge is 2.47. The van der Waals surface area contributed by atoms with Crippen molar-refractivity contribution in [3.63, 3.8) is 0 Å². The van der Waals surface area contributed by atoms with Crippen LogP contribution in [0.25, 0.3) is 0 Å². The normalized spacial score (nSPS) is 22.0. The molecule has 2 aromatic rings. The molecular formula is C20H22N2O3S. The molecule has 1 atom stereocenters. The number of Topliss-reactive ketones (excluding diaryl/α,β-unsaturated/α-hetero) is 1. The van der Waals surface area contributed by atoms with E-state index in [1.54, 1.807) is 6.07 Å². The number of carbonyl (C=O) groups excluding carboxylic acids is 2. The number of fused-ring (bicyclic) bond motifs is 1. The van der Waals surface area contributed by atoms with Crippen LogP contribution in [-0.4, -0.2) is 40.3 Å².